The summed E-state index contributed by atoms with van der Waals surface area (Å²) in [5.74, 6) is 1.18. The van der Waals surface area contributed by atoms with Gasteiger partial charge < -0.3 is 15.2 Å². The molecule has 0 radical (unpaired) electrons. The van der Waals surface area contributed by atoms with Crippen molar-refractivity contribution >= 4 is 11.5 Å². The van der Waals surface area contributed by atoms with Crippen LogP contribution in [0.5, 0.6) is 5.75 Å². The molecule has 1 heterocycles. The maximum atomic E-state index is 10.8. The Bertz CT molecular complexity index is 719. The zero-order valence-corrected chi connectivity index (χ0v) is 13.9. The van der Waals surface area contributed by atoms with Gasteiger partial charge in [-0.25, -0.2) is 4.98 Å². The fourth-order valence-electron chi connectivity index (χ4n) is 2.22. The van der Waals surface area contributed by atoms with Gasteiger partial charge in [0.05, 0.1) is 17.1 Å². The molecule has 2 N–H and O–H groups in total. The van der Waals surface area contributed by atoms with Gasteiger partial charge in [0.1, 0.15) is 17.8 Å². The van der Waals surface area contributed by atoms with Gasteiger partial charge in [0.15, 0.2) is 0 Å². The number of aryl methyl sites for hydroxylation is 1. The maximum absolute atomic E-state index is 10.8. The van der Waals surface area contributed by atoms with Crippen LogP contribution >= 0.6 is 0 Å². The van der Waals surface area contributed by atoms with Crippen molar-refractivity contribution in [1.82, 2.24) is 4.98 Å². The van der Waals surface area contributed by atoms with Crippen LogP contribution in [0.15, 0.2) is 36.5 Å². The molecular weight excluding hydrogens is 310 g/mol. The monoisotopic (exact) mass is 331 g/mol. The predicted molar refractivity (Wildman–Crippen MR) is 91.3 cm³/mol. The summed E-state index contributed by atoms with van der Waals surface area (Å²) in [6, 6.07) is 8.85. The van der Waals surface area contributed by atoms with Crippen molar-refractivity contribution in [2.75, 3.05) is 11.9 Å². The number of nitro groups is 1. The number of hydrogen-bond acceptors (Lipinski definition) is 6. The van der Waals surface area contributed by atoms with E-state index in [1.165, 1.54) is 6.20 Å². The number of aliphatic hydroxyl groups is 1. The van der Waals surface area contributed by atoms with Gasteiger partial charge in [-0.15, -0.1) is 0 Å². The number of aliphatic hydroxyl groups excluding tert-OH is 1. The molecule has 0 aliphatic rings. The number of aromatic nitrogens is 1. The highest BCUT2D eigenvalue weighted by molar-refractivity contribution is 5.47. The molecule has 0 bridgehead atoms. The summed E-state index contributed by atoms with van der Waals surface area (Å²) in [5, 5.41) is 24.1. The van der Waals surface area contributed by atoms with Crippen LogP contribution in [-0.4, -0.2) is 27.7 Å². The zero-order valence-electron chi connectivity index (χ0n) is 13.9. The number of ether oxygens (including phenoxy) is 1. The lowest BCUT2D eigenvalue weighted by atomic mass is 10.1. The van der Waals surface area contributed by atoms with E-state index < -0.39 is 11.0 Å². The molecule has 24 heavy (non-hydrogen) atoms. The third kappa shape index (κ3) is 4.66. The molecule has 128 valence electrons. The van der Waals surface area contributed by atoms with Crippen LogP contribution in [0.4, 0.5) is 11.5 Å². The predicted octanol–water partition coefficient (Wildman–Crippen LogP) is 3.23. The van der Waals surface area contributed by atoms with Crippen LogP contribution in [-0.2, 0) is 0 Å². The maximum Gasteiger partial charge on any atom is 0.290 e. The number of nitrogens with zero attached hydrogens (tertiary/aromatic N) is 2. The zero-order chi connectivity index (χ0) is 17.7. The molecule has 0 amide bonds. The Labute approximate surface area is 140 Å². The molecule has 0 aliphatic carbocycles. The van der Waals surface area contributed by atoms with E-state index in [0.29, 0.717) is 17.1 Å². The number of anilines is 1. The molecule has 0 saturated carbocycles. The van der Waals surface area contributed by atoms with E-state index in [2.05, 4.69) is 10.3 Å². The average molecular weight is 331 g/mol. The summed E-state index contributed by atoms with van der Waals surface area (Å²) >= 11 is 0. The topological polar surface area (TPSA) is 97.5 Å². The molecule has 2 rings (SSSR count). The number of hydrogen-bond donors (Lipinski definition) is 2. The van der Waals surface area contributed by atoms with Crippen LogP contribution < -0.4 is 10.1 Å². The summed E-state index contributed by atoms with van der Waals surface area (Å²) in [7, 11) is 0. The number of benzene rings is 1. The summed E-state index contributed by atoms with van der Waals surface area (Å²) < 4.78 is 5.61. The lowest BCUT2D eigenvalue weighted by molar-refractivity contribution is -0.385. The molecule has 1 atom stereocenters. The summed E-state index contributed by atoms with van der Waals surface area (Å²) in [6.45, 7) is 5.75. The lowest BCUT2D eigenvalue weighted by Gasteiger charge is -2.15. The Kier molecular flexibility index (Phi) is 5.70. The van der Waals surface area contributed by atoms with E-state index in [-0.39, 0.29) is 18.3 Å². The first-order valence-electron chi connectivity index (χ1n) is 7.66. The van der Waals surface area contributed by atoms with Crippen molar-refractivity contribution < 1.29 is 14.8 Å². The lowest BCUT2D eigenvalue weighted by Crippen LogP contribution is -2.13. The molecule has 0 saturated heterocycles. The summed E-state index contributed by atoms with van der Waals surface area (Å²) in [6.07, 6.45) is 0.516. The quantitative estimate of drug-likeness (QED) is 0.597. The van der Waals surface area contributed by atoms with Crippen molar-refractivity contribution in [3.63, 3.8) is 0 Å². The molecule has 0 spiro atoms. The van der Waals surface area contributed by atoms with Crippen molar-refractivity contribution in [3.05, 3.63) is 57.8 Å². The number of rotatable bonds is 7. The molecule has 1 aromatic carbocycles. The smallest absolute Gasteiger partial charge is 0.290 e. The Morgan fingerprint density at radius 3 is 2.75 bits per heavy atom. The highest BCUT2D eigenvalue weighted by Gasteiger charge is 2.13. The van der Waals surface area contributed by atoms with Crippen LogP contribution in [0.3, 0.4) is 0 Å². The average Bonchev–Trinajstić information content (AvgIpc) is 2.52. The van der Waals surface area contributed by atoms with Crippen molar-refractivity contribution in [3.8, 4) is 5.75 Å². The minimum absolute atomic E-state index is 0.0281. The van der Waals surface area contributed by atoms with E-state index in [1.807, 2.05) is 32.0 Å². The van der Waals surface area contributed by atoms with Crippen molar-refractivity contribution in [2.24, 2.45) is 0 Å². The van der Waals surface area contributed by atoms with Crippen molar-refractivity contribution in [2.45, 2.75) is 33.0 Å². The molecule has 1 aromatic heterocycles. The van der Waals surface area contributed by atoms with Gasteiger partial charge in [-0.1, -0.05) is 12.1 Å². The second-order valence-corrected chi connectivity index (χ2v) is 5.75. The minimum atomic E-state index is -0.752. The van der Waals surface area contributed by atoms with Gasteiger partial charge in [0.2, 0.25) is 0 Å². The Morgan fingerprint density at radius 2 is 2.12 bits per heavy atom. The fraction of sp³-hybridized carbons (Fsp3) is 0.353. The van der Waals surface area contributed by atoms with E-state index in [4.69, 9.17) is 4.74 Å². The first-order chi connectivity index (χ1) is 11.4. The Hall–Kier alpha value is -2.67. The SMILES string of the molecule is Cc1cc(NCC(O)c2cccc(OC(C)C)c2)ncc1[N+](=O)[O-]. The van der Waals surface area contributed by atoms with Gasteiger partial charge in [-0.05, 0) is 44.5 Å². The second kappa shape index (κ2) is 7.74. The van der Waals surface area contributed by atoms with Gasteiger partial charge >= 0.3 is 0 Å². The van der Waals surface area contributed by atoms with Gasteiger partial charge in [0, 0.05) is 12.1 Å². The van der Waals surface area contributed by atoms with E-state index in [1.54, 1.807) is 19.1 Å². The molecule has 7 nitrogen and oxygen atoms in total. The standard InChI is InChI=1S/C17H21N3O4/c1-11(2)24-14-6-4-5-13(8-14)16(21)10-19-17-7-12(3)15(9-18-17)20(22)23/h4-9,11,16,21H,10H2,1-3H3,(H,18,19). The molecule has 0 fully saturated rings. The van der Waals surface area contributed by atoms with Crippen molar-refractivity contribution in [1.29, 1.82) is 0 Å². The molecular formula is C17H21N3O4. The van der Waals surface area contributed by atoms with E-state index >= 15 is 0 Å². The van der Waals surface area contributed by atoms with Crippen LogP contribution in [0.2, 0.25) is 0 Å². The Morgan fingerprint density at radius 1 is 1.38 bits per heavy atom. The van der Waals surface area contributed by atoms with Gasteiger partial charge in [-0.2, -0.15) is 0 Å². The number of pyridine rings is 1. The Balaban J connectivity index is 2.01. The molecule has 7 heteroatoms. The third-order valence-electron chi connectivity index (χ3n) is 3.37. The second-order valence-electron chi connectivity index (χ2n) is 5.75. The third-order valence-corrected chi connectivity index (χ3v) is 3.37. The van der Waals surface area contributed by atoms with Crippen LogP contribution in [0.1, 0.15) is 31.1 Å². The van der Waals surface area contributed by atoms with Gasteiger partial charge in [-0.3, -0.25) is 10.1 Å². The highest BCUT2D eigenvalue weighted by atomic mass is 16.6. The van der Waals surface area contributed by atoms with Gasteiger partial charge in [0.25, 0.3) is 5.69 Å². The van der Waals surface area contributed by atoms with E-state index in [0.717, 1.165) is 5.56 Å². The first-order valence-corrected chi connectivity index (χ1v) is 7.66. The normalized spacial score (nSPS) is 12.0. The van der Waals surface area contributed by atoms with Crippen LogP contribution in [0, 0.1) is 17.0 Å². The largest absolute Gasteiger partial charge is 0.491 e. The molecule has 1 unspecified atom stereocenters. The molecule has 0 aliphatic heterocycles. The van der Waals surface area contributed by atoms with E-state index in [9.17, 15) is 15.2 Å². The first kappa shape index (κ1) is 17.7. The fourth-order valence-corrected chi connectivity index (χ4v) is 2.22. The summed E-state index contributed by atoms with van der Waals surface area (Å²) in [4.78, 5) is 14.3. The number of nitrogens with one attached hydrogen (secondary N) is 1. The van der Waals surface area contributed by atoms with Crippen LogP contribution in [0.25, 0.3) is 0 Å². The minimum Gasteiger partial charge on any atom is -0.491 e. The summed E-state index contributed by atoms with van der Waals surface area (Å²) in [5.41, 5.74) is 1.21. The highest BCUT2D eigenvalue weighted by Crippen LogP contribution is 2.22. The molecule has 2 aromatic rings.